The first-order valence-electron chi connectivity index (χ1n) is 5.23. The molecular formula is C13H11ClO3. The number of benzene rings is 1. The fourth-order valence-electron chi connectivity index (χ4n) is 1.38. The van der Waals surface area contributed by atoms with E-state index in [0.717, 1.165) is 5.76 Å². The van der Waals surface area contributed by atoms with Gasteiger partial charge in [0, 0.05) is 6.42 Å². The topological polar surface area (TPSA) is 39.4 Å². The van der Waals surface area contributed by atoms with Crippen LogP contribution < -0.4 is 4.74 Å². The first-order chi connectivity index (χ1) is 8.25. The Labute approximate surface area is 104 Å². The molecule has 3 nitrogen and oxygen atoms in total. The van der Waals surface area contributed by atoms with Crippen molar-refractivity contribution in [3.05, 3.63) is 53.4 Å². The first kappa shape index (κ1) is 11.7. The summed E-state index contributed by atoms with van der Waals surface area (Å²) in [5, 5.41) is 0.429. The molecule has 4 heteroatoms. The molecule has 0 N–H and O–H groups in total. The summed E-state index contributed by atoms with van der Waals surface area (Å²) in [5.74, 6) is 0.828. The second-order valence-electron chi connectivity index (χ2n) is 3.48. The lowest BCUT2D eigenvalue weighted by atomic mass is 10.2. The molecule has 2 aromatic rings. The number of esters is 1. The van der Waals surface area contributed by atoms with Crippen LogP contribution in [0.5, 0.6) is 5.75 Å². The van der Waals surface area contributed by atoms with Gasteiger partial charge in [0.25, 0.3) is 0 Å². The molecule has 1 aromatic heterocycles. The van der Waals surface area contributed by atoms with E-state index >= 15 is 0 Å². The Morgan fingerprint density at radius 1 is 1.24 bits per heavy atom. The van der Waals surface area contributed by atoms with Crippen molar-refractivity contribution in [1.29, 1.82) is 0 Å². The van der Waals surface area contributed by atoms with Crippen molar-refractivity contribution in [3.63, 3.8) is 0 Å². The Hall–Kier alpha value is -1.74. The third-order valence-electron chi connectivity index (χ3n) is 2.22. The maximum Gasteiger partial charge on any atom is 0.311 e. The molecule has 2 rings (SSSR count). The van der Waals surface area contributed by atoms with Gasteiger partial charge in [0.1, 0.15) is 11.5 Å². The highest BCUT2D eigenvalue weighted by atomic mass is 35.5. The van der Waals surface area contributed by atoms with Crippen LogP contribution in [0.15, 0.2) is 47.1 Å². The van der Waals surface area contributed by atoms with E-state index in [0.29, 0.717) is 17.2 Å². The number of aryl methyl sites for hydroxylation is 1. The van der Waals surface area contributed by atoms with Crippen LogP contribution in [0.1, 0.15) is 12.2 Å². The highest BCUT2D eigenvalue weighted by Gasteiger charge is 2.08. The van der Waals surface area contributed by atoms with Crippen LogP contribution in [-0.4, -0.2) is 5.97 Å². The van der Waals surface area contributed by atoms with E-state index in [9.17, 15) is 4.79 Å². The summed E-state index contributed by atoms with van der Waals surface area (Å²) in [4.78, 5) is 11.5. The summed E-state index contributed by atoms with van der Waals surface area (Å²) in [7, 11) is 0. The number of hydrogen-bond donors (Lipinski definition) is 0. The van der Waals surface area contributed by atoms with E-state index < -0.39 is 0 Å². The number of rotatable bonds is 4. The summed E-state index contributed by atoms with van der Waals surface area (Å²) >= 11 is 5.87. The summed E-state index contributed by atoms with van der Waals surface area (Å²) in [5.41, 5.74) is 0. The minimum atomic E-state index is -0.325. The van der Waals surface area contributed by atoms with Crippen molar-refractivity contribution in [3.8, 4) is 5.75 Å². The van der Waals surface area contributed by atoms with E-state index in [4.69, 9.17) is 20.8 Å². The molecule has 1 heterocycles. The van der Waals surface area contributed by atoms with Crippen LogP contribution in [0.3, 0.4) is 0 Å². The molecule has 0 atom stereocenters. The zero-order valence-electron chi connectivity index (χ0n) is 9.06. The molecule has 0 aliphatic heterocycles. The summed E-state index contributed by atoms with van der Waals surface area (Å²) < 4.78 is 10.3. The molecule has 0 bridgehead atoms. The molecule has 0 fully saturated rings. The minimum Gasteiger partial charge on any atom is -0.469 e. The van der Waals surface area contributed by atoms with Crippen LogP contribution in [0, 0.1) is 0 Å². The van der Waals surface area contributed by atoms with Gasteiger partial charge in [0.15, 0.2) is 0 Å². The average molecular weight is 251 g/mol. The Morgan fingerprint density at radius 3 is 2.76 bits per heavy atom. The maximum atomic E-state index is 11.5. The zero-order chi connectivity index (χ0) is 12.1. The standard InChI is InChI=1S/C13H11ClO3/c14-11-5-1-2-6-12(11)17-13(15)8-7-10-4-3-9-16-10/h1-6,9H,7-8H2. The number of hydrogen-bond acceptors (Lipinski definition) is 3. The second-order valence-corrected chi connectivity index (χ2v) is 3.89. The molecule has 0 spiro atoms. The van der Waals surface area contributed by atoms with Crippen molar-refractivity contribution < 1.29 is 13.9 Å². The zero-order valence-corrected chi connectivity index (χ0v) is 9.81. The molecule has 0 unspecified atom stereocenters. The first-order valence-corrected chi connectivity index (χ1v) is 5.61. The monoisotopic (exact) mass is 250 g/mol. The fourth-order valence-corrected chi connectivity index (χ4v) is 1.56. The smallest absolute Gasteiger partial charge is 0.311 e. The lowest BCUT2D eigenvalue weighted by Gasteiger charge is -2.04. The molecule has 0 saturated heterocycles. The van der Waals surface area contributed by atoms with Crippen molar-refractivity contribution >= 4 is 17.6 Å². The second kappa shape index (κ2) is 5.55. The van der Waals surface area contributed by atoms with Crippen LogP contribution in [0.4, 0.5) is 0 Å². The average Bonchev–Trinajstić information content (AvgIpc) is 2.82. The molecule has 0 aliphatic carbocycles. The van der Waals surface area contributed by atoms with Gasteiger partial charge < -0.3 is 9.15 Å². The lowest BCUT2D eigenvalue weighted by molar-refractivity contribution is -0.134. The summed E-state index contributed by atoms with van der Waals surface area (Å²) in [6, 6.07) is 10.5. The molecule has 0 amide bonds. The van der Waals surface area contributed by atoms with Gasteiger partial charge >= 0.3 is 5.97 Å². The number of halogens is 1. The van der Waals surface area contributed by atoms with Crippen molar-refractivity contribution in [1.82, 2.24) is 0 Å². The van der Waals surface area contributed by atoms with E-state index in [1.165, 1.54) is 0 Å². The number of carbonyl (C=O) groups is 1. The fraction of sp³-hybridized carbons (Fsp3) is 0.154. The Bertz CT molecular complexity index is 491. The largest absolute Gasteiger partial charge is 0.469 e. The maximum absolute atomic E-state index is 11.5. The van der Waals surface area contributed by atoms with Crippen LogP contribution in [0.25, 0.3) is 0 Å². The summed E-state index contributed by atoms with van der Waals surface area (Å²) in [6.07, 6.45) is 2.36. The van der Waals surface area contributed by atoms with E-state index in [2.05, 4.69) is 0 Å². The Balaban J connectivity index is 1.87. The summed E-state index contributed by atoms with van der Waals surface area (Å²) in [6.45, 7) is 0. The number of carbonyl (C=O) groups excluding carboxylic acids is 1. The van der Waals surface area contributed by atoms with Gasteiger partial charge in [-0.2, -0.15) is 0 Å². The minimum absolute atomic E-state index is 0.263. The van der Waals surface area contributed by atoms with Gasteiger partial charge in [-0.25, -0.2) is 0 Å². The molecule has 0 saturated carbocycles. The molecule has 1 aromatic carbocycles. The predicted octanol–water partition coefficient (Wildman–Crippen LogP) is 3.47. The highest BCUT2D eigenvalue weighted by molar-refractivity contribution is 6.32. The third-order valence-corrected chi connectivity index (χ3v) is 2.53. The quantitative estimate of drug-likeness (QED) is 0.616. The van der Waals surface area contributed by atoms with Gasteiger partial charge in [-0.3, -0.25) is 4.79 Å². The van der Waals surface area contributed by atoms with Gasteiger partial charge in [-0.15, -0.1) is 0 Å². The van der Waals surface area contributed by atoms with Crippen molar-refractivity contribution in [2.45, 2.75) is 12.8 Å². The molecule has 0 radical (unpaired) electrons. The van der Waals surface area contributed by atoms with Crippen LogP contribution in [0.2, 0.25) is 5.02 Å². The van der Waals surface area contributed by atoms with E-state index in [-0.39, 0.29) is 12.4 Å². The van der Waals surface area contributed by atoms with E-state index in [1.807, 2.05) is 6.07 Å². The van der Waals surface area contributed by atoms with E-state index in [1.54, 1.807) is 36.6 Å². The van der Waals surface area contributed by atoms with Gasteiger partial charge in [-0.05, 0) is 24.3 Å². The van der Waals surface area contributed by atoms with Gasteiger partial charge in [0.05, 0.1) is 17.7 Å². The van der Waals surface area contributed by atoms with Crippen molar-refractivity contribution in [2.24, 2.45) is 0 Å². The SMILES string of the molecule is O=C(CCc1ccco1)Oc1ccccc1Cl. The number of ether oxygens (including phenoxy) is 1. The Kier molecular flexibility index (Phi) is 3.83. The van der Waals surface area contributed by atoms with Crippen molar-refractivity contribution in [2.75, 3.05) is 0 Å². The number of para-hydroxylation sites is 1. The highest BCUT2D eigenvalue weighted by Crippen LogP contribution is 2.23. The predicted molar refractivity (Wildman–Crippen MR) is 64.1 cm³/mol. The van der Waals surface area contributed by atoms with Crippen LogP contribution >= 0.6 is 11.6 Å². The Morgan fingerprint density at radius 2 is 2.06 bits per heavy atom. The normalized spacial score (nSPS) is 10.2. The van der Waals surface area contributed by atoms with Crippen LogP contribution in [-0.2, 0) is 11.2 Å². The molecular weight excluding hydrogens is 240 g/mol. The molecule has 17 heavy (non-hydrogen) atoms. The van der Waals surface area contributed by atoms with Gasteiger partial charge in [-0.1, -0.05) is 23.7 Å². The number of furan rings is 1. The third kappa shape index (κ3) is 3.36. The van der Waals surface area contributed by atoms with Gasteiger partial charge in [0.2, 0.25) is 0 Å². The molecule has 0 aliphatic rings. The lowest BCUT2D eigenvalue weighted by Crippen LogP contribution is -2.09. The molecule has 88 valence electrons.